The van der Waals surface area contributed by atoms with Crippen LogP contribution >= 0.6 is 0 Å². The molecule has 2 unspecified atom stereocenters. The molecule has 0 aromatic rings. The first-order valence-electron chi connectivity index (χ1n) is 2.90. The molecule has 0 aromatic carbocycles. The molecule has 0 saturated carbocycles. The summed E-state index contributed by atoms with van der Waals surface area (Å²) in [5.41, 5.74) is 0. The average molecular weight is 179 g/mol. The minimum absolute atomic E-state index is 0.0448. The van der Waals surface area contributed by atoms with Crippen molar-refractivity contribution in [2.24, 2.45) is 5.92 Å². The van der Waals surface area contributed by atoms with E-state index >= 15 is 0 Å². The van der Waals surface area contributed by atoms with E-state index in [0.717, 1.165) is 20.2 Å². The summed E-state index contributed by atoms with van der Waals surface area (Å²) in [6, 6.07) is 1.64. The third-order valence-corrected chi connectivity index (χ3v) is 10.8. The second-order valence-corrected chi connectivity index (χ2v) is 12.8. The van der Waals surface area contributed by atoms with E-state index in [2.05, 4.69) is 13.5 Å². The van der Waals surface area contributed by atoms with Gasteiger partial charge in [0.05, 0.1) is 0 Å². The molecular formula is C5H12SeSi. The zero-order valence-corrected chi connectivity index (χ0v) is 7.84. The van der Waals surface area contributed by atoms with E-state index in [1.165, 1.54) is 0 Å². The predicted octanol–water partition coefficient (Wildman–Crippen LogP) is 1.11. The second kappa shape index (κ2) is 2.34. The van der Waals surface area contributed by atoms with Crippen LogP contribution in [-0.2, 0) is 0 Å². The summed E-state index contributed by atoms with van der Waals surface area (Å²) in [6.07, 6.45) is 0. The first-order chi connectivity index (χ1) is 3.29. The second-order valence-electron chi connectivity index (χ2n) is 2.48. The van der Waals surface area contributed by atoms with E-state index in [1.54, 1.807) is 11.4 Å². The van der Waals surface area contributed by atoms with Gasteiger partial charge in [-0.3, -0.25) is 0 Å². The summed E-state index contributed by atoms with van der Waals surface area (Å²) < 4.78 is 0. The molecule has 0 N–H and O–H groups in total. The summed E-state index contributed by atoms with van der Waals surface area (Å²) in [4.78, 5) is 0. The van der Waals surface area contributed by atoms with Crippen LogP contribution in [0.25, 0.3) is 0 Å². The maximum absolute atomic E-state index is 2.52. The molecule has 0 nitrogen and oxygen atoms in total. The van der Waals surface area contributed by atoms with Crippen LogP contribution in [0.5, 0.6) is 0 Å². The van der Waals surface area contributed by atoms with Crippen molar-refractivity contribution in [1.29, 1.82) is 0 Å². The Hall–Kier alpha value is 0.736. The van der Waals surface area contributed by atoms with Gasteiger partial charge in [0.2, 0.25) is 0 Å². The molecule has 1 heterocycles. The standard InChI is InChI=1S/C5H12SeSi/c1-5-3-6-7(2)4-5/h5,7H,3-4H2,1-2H3. The summed E-state index contributed by atoms with van der Waals surface area (Å²) in [6.45, 7) is 4.92. The van der Waals surface area contributed by atoms with Crippen molar-refractivity contribution in [3.63, 3.8) is 0 Å². The summed E-state index contributed by atoms with van der Waals surface area (Å²) in [7, 11) is -0.0448. The number of hydrogen-bond acceptors (Lipinski definition) is 0. The van der Waals surface area contributed by atoms with Crippen LogP contribution in [0.3, 0.4) is 0 Å². The molecule has 1 rings (SSSR count). The quantitative estimate of drug-likeness (QED) is 0.489. The van der Waals surface area contributed by atoms with Gasteiger partial charge in [-0.15, -0.1) is 0 Å². The van der Waals surface area contributed by atoms with Crippen molar-refractivity contribution >= 4 is 21.7 Å². The van der Waals surface area contributed by atoms with Gasteiger partial charge < -0.3 is 0 Å². The molecule has 2 heteroatoms. The Morgan fingerprint density at radius 2 is 2.43 bits per heavy atom. The van der Waals surface area contributed by atoms with E-state index in [1.807, 2.05) is 0 Å². The van der Waals surface area contributed by atoms with Gasteiger partial charge in [-0.25, -0.2) is 0 Å². The Labute approximate surface area is 52.9 Å². The fourth-order valence-electron chi connectivity index (χ4n) is 1.03. The van der Waals surface area contributed by atoms with Crippen LogP contribution in [0.2, 0.25) is 17.9 Å². The van der Waals surface area contributed by atoms with E-state index in [-0.39, 0.29) is 7.40 Å². The van der Waals surface area contributed by atoms with Crippen molar-refractivity contribution < 1.29 is 0 Å². The maximum atomic E-state index is 2.52. The molecule has 1 aliphatic heterocycles. The molecule has 2 atom stereocenters. The molecule has 0 aliphatic carbocycles. The molecule has 42 valence electrons. The van der Waals surface area contributed by atoms with Gasteiger partial charge in [0, 0.05) is 0 Å². The number of rotatable bonds is 0. The molecule has 0 bridgehead atoms. The van der Waals surface area contributed by atoms with Crippen LogP contribution < -0.4 is 0 Å². The topological polar surface area (TPSA) is 0 Å². The molecular weight excluding hydrogens is 167 g/mol. The third-order valence-electron chi connectivity index (χ3n) is 1.40. The van der Waals surface area contributed by atoms with Crippen molar-refractivity contribution in [1.82, 2.24) is 0 Å². The Morgan fingerprint density at radius 3 is 2.57 bits per heavy atom. The van der Waals surface area contributed by atoms with Gasteiger partial charge >= 0.3 is 52.5 Å². The molecule has 7 heavy (non-hydrogen) atoms. The fraction of sp³-hybridized carbons (Fsp3) is 1.00. The van der Waals surface area contributed by atoms with Crippen LogP contribution in [0.1, 0.15) is 6.92 Å². The SMILES string of the molecule is CC1C[Se][SiH](C)C1. The van der Waals surface area contributed by atoms with Gasteiger partial charge in [-0.1, -0.05) is 0 Å². The zero-order valence-electron chi connectivity index (χ0n) is 4.98. The molecule has 1 saturated heterocycles. The Morgan fingerprint density at radius 1 is 1.71 bits per heavy atom. The van der Waals surface area contributed by atoms with Crippen molar-refractivity contribution in [3.8, 4) is 0 Å². The van der Waals surface area contributed by atoms with Gasteiger partial charge in [-0.2, -0.15) is 0 Å². The first-order valence-corrected chi connectivity index (χ1v) is 9.52. The van der Waals surface area contributed by atoms with E-state index in [4.69, 9.17) is 0 Å². The molecule has 0 amide bonds. The summed E-state index contributed by atoms with van der Waals surface area (Å²) in [5.74, 6) is 1.11. The van der Waals surface area contributed by atoms with Crippen LogP contribution in [0.4, 0.5) is 0 Å². The van der Waals surface area contributed by atoms with Crippen LogP contribution in [0.15, 0.2) is 0 Å². The minimum atomic E-state index is -0.0448. The van der Waals surface area contributed by atoms with Gasteiger partial charge in [0.15, 0.2) is 0 Å². The predicted molar refractivity (Wildman–Crippen MR) is 37.5 cm³/mol. The van der Waals surface area contributed by atoms with Crippen LogP contribution in [-0.4, -0.2) is 21.7 Å². The molecule has 1 aliphatic rings. The van der Waals surface area contributed by atoms with Crippen molar-refractivity contribution in [2.75, 3.05) is 0 Å². The Kier molecular flexibility index (Phi) is 1.96. The van der Waals surface area contributed by atoms with E-state index < -0.39 is 0 Å². The van der Waals surface area contributed by atoms with Gasteiger partial charge in [0.1, 0.15) is 0 Å². The summed E-state index contributed by atoms with van der Waals surface area (Å²) >= 11 is 1.14. The number of hydrogen-bond donors (Lipinski definition) is 0. The normalized spacial score (nSPS) is 42.0. The molecule has 1 fully saturated rings. The summed E-state index contributed by atoms with van der Waals surface area (Å²) in [5, 5.41) is 1.60. The van der Waals surface area contributed by atoms with Crippen molar-refractivity contribution in [3.05, 3.63) is 0 Å². The molecule has 0 radical (unpaired) electrons. The van der Waals surface area contributed by atoms with Gasteiger partial charge in [-0.05, 0) is 0 Å². The van der Waals surface area contributed by atoms with E-state index in [9.17, 15) is 0 Å². The Balaban J connectivity index is 2.26. The van der Waals surface area contributed by atoms with Crippen LogP contribution in [0, 0.1) is 5.92 Å². The monoisotopic (exact) mass is 180 g/mol. The zero-order chi connectivity index (χ0) is 5.28. The fourth-order valence-corrected chi connectivity index (χ4v) is 11.0. The third kappa shape index (κ3) is 1.59. The van der Waals surface area contributed by atoms with Gasteiger partial charge in [0.25, 0.3) is 0 Å². The molecule has 0 aromatic heterocycles. The van der Waals surface area contributed by atoms with E-state index in [0.29, 0.717) is 0 Å². The molecule has 0 spiro atoms. The first kappa shape index (κ1) is 5.87. The van der Waals surface area contributed by atoms with Crippen molar-refractivity contribution in [2.45, 2.75) is 24.8 Å². The average Bonchev–Trinajstić information content (AvgIpc) is 1.87. The Bertz CT molecular complexity index is 57.1.